The summed E-state index contributed by atoms with van der Waals surface area (Å²) in [5, 5.41) is 3.63. The summed E-state index contributed by atoms with van der Waals surface area (Å²) in [6.45, 7) is 3.30. The molecule has 3 nitrogen and oxygen atoms in total. The van der Waals surface area contributed by atoms with Gasteiger partial charge in [-0.1, -0.05) is 13.3 Å². The normalized spacial score (nSPS) is 18.8. The number of imidazole rings is 1. The molecule has 0 spiro atoms. The minimum absolute atomic E-state index is 0.471. The number of aromatic nitrogens is 2. The fourth-order valence-corrected chi connectivity index (χ4v) is 2.22. The van der Waals surface area contributed by atoms with Crippen LogP contribution in [0.4, 0.5) is 0 Å². The van der Waals surface area contributed by atoms with Gasteiger partial charge in [0.2, 0.25) is 0 Å². The highest BCUT2D eigenvalue weighted by Crippen LogP contribution is 2.36. The van der Waals surface area contributed by atoms with Crippen LogP contribution in [0, 0.1) is 5.92 Å². The molecule has 0 amide bonds. The Labute approximate surface area is 91.9 Å². The first-order valence-electron chi connectivity index (χ1n) is 6.03. The zero-order valence-electron chi connectivity index (χ0n) is 9.74. The van der Waals surface area contributed by atoms with Crippen molar-refractivity contribution in [3.63, 3.8) is 0 Å². The van der Waals surface area contributed by atoms with Crippen LogP contribution in [0.25, 0.3) is 0 Å². The van der Waals surface area contributed by atoms with Gasteiger partial charge < -0.3 is 9.88 Å². The molecule has 0 bridgehead atoms. The number of nitrogens with zero attached hydrogens (tertiary/aromatic N) is 2. The van der Waals surface area contributed by atoms with Crippen molar-refractivity contribution >= 4 is 0 Å². The molecule has 1 aromatic rings. The maximum absolute atomic E-state index is 4.47. The van der Waals surface area contributed by atoms with Gasteiger partial charge in [0.25, 0.3) is 0 Å². The van der Waals surface area contributed by atoms with E-state index in [-0.39, 0.29) is 0 Å². The van der Waals surface area contributed by atoms with Crippen LogP contribution in [-0.4, -0.2) is 16.1 Å². The van der Waals surface area contributed by atoms with Crippen LogP contribution in [0.2, 0.25) is 0 Å². The van der Waals surface area contributed by atoms with Crippen LogP contribution in [0.15, 0.2) is 12.4 Å². The van der Waals surface area contributed by atoms with Crippen molar-refractivity contribution in [3.8, 4) is 0 Å². The Balaban J connectivity index is 2.07. The van der Waals surface area contributed by atoms with E-state index in [0.29, 0.717) is 6.04 Å². The van der Waals surface area contributed by atoms with Crippen molar-refractivity contribution in [3.05, 3.63) is 18.2 Å². The number of rotatable bonds is 5. The van der Waals surface area contributed by atoms with E-state index in [9.17, 15) is 0 Å². The third kappa shape index (κ3) is 2.23. The van der Waals surface area contributed by atoms with Crippen LogP contribution in [-0.2, 0) is 7.05 Å². The van der Waals surface area contributed by atoms with Gasteiger partial charge in [-0.3, -0.25) is 0 Å². The molecule has 0 aliphatic heterocycles. The van der Waals surface area contributed by atoms with Crippen LogP contribution in [0.3, 0.4) is 0 Å². The summed E-state index contributed by atoms with van der Waals surface area (Å²) in [4.78, 5) is 4.47. The van der Waals surface area contributed by atoms with Crippen LogP contribution in [0.1, 0.15) is 44.5 Å². The molecule has 3 heteroatoms. The quantitative estimate of drug-likeness (QED) is 0.802. The van der Waals surface area contributed by atoms with Crippen molar-refractivity contribution in [2.45, 2.75) is 38.6 Å². The number of hydrogen-bond acceptors (Lipinski definition) is 2. The Morgan fingerprint density at radius 3 is 2.87 bits per heavy atom. The van der Waals surface area contributed by atoms with Gasteiger partial charge in [-0.25, -0.2) is 4.98 Å². The fourth-order valence-electron chi connectivity index (χ4n) is 2.22. The monoisotopic (exact) mass is 207 g/mol. The van der Waals surface area contributed by atoms with Gasteiger partial charge in [0.05, 0.1) is 6.04 Å². The number of hydrogen-bond donors (Lipinski definition) is 1. The summed E-state index contributed by atoms with van der Waals surface area (Å²) in [5.41, 5.74) is 0. The van der Waals surface area contributed by atoms with Gasteiger partial charge in [0, 0.05) is 19.4 Å². The van der Waals surface area contributed by atoms with Gasteiger partial charge in [0.1, 0.15) is 5.82 Å². The highest BCUT2D eigenvalue weighted by atomic mass is 15.1. The van der Waals surface area contributed by atoms with Gasteiger partial charge >= 0.3 is 0 Å². The molecule has 0 aromatic carbocycles. The van der Waals surface area contributed by atoms with Gasteiger partial charge in [-0.2, -0.15) is 0 Å². The molecule has 1 heterocycles. The summed E-state index contributed by atoms with van der Waals surface area (Å²) in [7, 11) is 2.08. The Bertz CT molecular complexity index is 302. The lowest BCUT2D eigenvalue weighted by Gasteiger charge is -2.34. The maximum atomic E-state index is 4.47. The van der Waals surface area contributed by atoms with E-state index in [0.717, 1.165) is 12.5 Å². The average molecular weight is 207 g/mol. The minimum Gasteiger partial charge on any atom is -0.337 e. The second-order valence-electron chi connectivity index (χ2n) is 4.52. The Morgan fingerprint density at radius 2 is 2.40 bits per heavy atom. The zero-order chi connectivity index (χ0) is 10.7. The Kier molecular flexibility index (Phi) is 3.41. The summed E-state index contributed by atoms with van der Waals surface area (Å²) in [6.07, 6.45) is 9.22. The lowest BCUT2D eigenvalue weighted by Crippen LogP contribution is -2.34. The largest absolute Gasteiger partial charge is 0.337 e. The van der Waals surface area contributed by atoms with Crippen LogP contribution < -0.4 is 5.32 Å². The summed E-state index contributed by atoms with van der Waals surface area (Å²) >= 11 is 0. The number of aryl methyl sites for hydroxylation is 1. The van der Waals surface area contributed by atoms with E-state index in [2.05, 4.69) is 28.8 Å². The highest BCUT2D eigenvalue weighted by Gasteiger charge is 2.30. The Morgan fingerprint density at radius 1 is 1.60 bits per heavy atom. The van der Waals surface area contributed by atoms with E-state index >= 15 is 0 Å². The standard InChI is InChI=1S/C12H21N3/c1-3-7-13-11(10-5-4-6-10)12-14-8-9-15(12)2/h8-11,13H,3-7H2,1-2H3. The summed E-state index contributed by atoms with van der Waals surface area (Å²) in [6, 6.07) is 0.471. The molecule has 1 atom stereocenters. The highest BCUT2D eigenvalue weighted by molar-refractivity contribution is 5.02. The summed E-state index contributed by atoms with van der Waals surface area (Å²) in [5.74, 6) is 2.01. The van der Waals surface area contributed by atoms with Crippen molar-refractivity contribution in [2.75, 3.05) is 6.54 Å². The van der Waals surface area contributed by atoms with Crippen LogP contribution >= 0.6 is 0 Å². The van der Waals surface area contributed by atoms with Gasteiger partial charge in [-0.15, -0.1) is 0 Å². The van der Waals surface area contributed by atoms with E-state index in [1.54, 1.807) is 0 Å². The smallest absolute Gasteiger partial charge is 0.125 e. The Hall–Kier alpha value is -0.830. The molecule has 1 aliphatic rings. The first kappa shape index (κ1) is 10.7. The second-order valence-corrected chi connectivity index (χ2v) is 4.52. The first-order chi connectivity index (χ1) is 7.33. The SMILES string of the molecule is CCCNC(c1nccn1C)C1CCC1. The molecule has 0 radical (unpaired) electrons. The van der Waals surface area contributed by atoms with Crippen molar-refractivity contribution in [1.29, 1.82) is 0 Å². The zero-order valence-corrected chi connectivity index (χ0v) is 9.74. The average Bonchev–Trinajstić information content (AvgIpc) is 2.55. The molecule has 15 heavy (non-hydrogen) atoms. The van der Waals surface area contributed by atoms with Crippen LogP contribution in [0.5, 0.6) is 0 Å². The predicted octanol–water partition coefficient (Wildman–Crippen LogP) is 2.26. The molecular weight excluding hydrogens is 186 g/mol. The molecule has 1 unspecified atom stereocenters. The van der Waals surface area contributed by atoms with E-state index in [1.807, 2.05) is 12.4 Å². The third-order valence-electron chi connectivity index (χ3n) is 3.37. The lowest BCUT2D eigenvalue weighted by atomic mass is 9.79. The van der Waals surface area contributed by atoms with Crippen molar-refractivity contribution < 1.29 is 0 Å². The van der Waals surface area contributed by atoms with E-state index in [1.165, 1.54) is 31.5 Å². The minimum atomic E-state index is 0.471. The molecule has 1 fully saturated rings. The van der Waals surface area contributed by atoms with E-state index in [4.69, 9.17) is 0 Å². The molecule has 1 aliphatic carbocycles. The first-order valence-corrected chi connectivity index (χ1v) is 6.03. The number of nitrogens with one attached hydrogen (secondary N) is 1. The third-order valence-corrected chi connectivity index (χ3v) is 3.37. The molecule has 84 valence electrons. The summed E-state index contributed by atoms with van der Waals surface area (Å²) < 4.78 is 2.14. The predicted molar refractivity (Wildman–Crippen MR) is 61.6 cm³/mol. The fraction of sp³-hybridized carbons (Fsp3) is 0.750. The van der Waals surface area contributed by atoms with E-state index < -0.39 is 0 Å². The second kappa shape index (κ2) is 4.79. The lowest BCUT2D eigenvalue weighted by molar-refractivity contribution is 0.221. The van der Waals surface area contributed by atoms with Crippen molar-refractivity contribution in [2.24, 2.45) is 13.0 Å². The molecule has 1 N–H and O–H groups in total. The molecule has 1 saturated carbocycles. The molecule has 2 rings (SSSR count). The van der Waals surface area contributed by atoms with Gasteiger partial charge in [-0.05, 0) is 31.7 Å². The van der Waals surface area contributed by atoms with Crippen molar-refractivity contribution in [1.82, 2.24) is 14.9 Å². The molecule has 1 aromatic heterocycles. The topological polar surface area (TPSA) is 29.9 Å². The molecular formula is C12H21N3. The van der Waals surface area contributed by atoms with Gasteiger partial charge in [0.15, 0.2) is 0 Å². The maximum Gasteiger partial charge on any atom is 0.125 e. The molecule has 0 saturated heterocycles.